The maximum atomic E-state index is 11.9. The lowest BCUT2D eigenvalue weighted by atomic mass is 10.1. The largest absolute Gasteiger partial charge is 0.392 e. The van der Waals surface area contributed by atoms with Gasteiger partial charge in [-0.05, 0) is 37.6 Å². The first kappa shape index (κ1) is 16.7. The molecule has 0 aliphatic carbocycles. The number of rotatable bonds is 6. The lowest BCUT2D eigenvalue weighted by Gasteiger charge is -2.08. The van der Waals surface area contributed by atoms with Crippen LogP contribution in [0.15, 0.2) is 48.7 Å². The fourth-order valence-electron chi connectivity index (χ4n) is 1.86. The number of nitrogens with one attached hydrogen (secondary N) is 2. The van der Waals surface area contributed by atoms with Gasteiger partial charge in [0.2, 0.25) is 5.91 Å². The lowest BCUT2D eigenvalue weighted by Crippen LogP contribution is -2.16. The average molecular weight is 311 g/mol. The number of aromatic nitrogens is 1. The van der Waals surface area contributed by atoms with Gasteiger partial charge in [0, 0.05) is 12.6 Å². The van der Waals surface area contributed by atoms with Crippen molar-refractivity contribution in [2.45, 2.75) is 20.0 Å². The molecule has 1 heterocycles. The van der Waals surface area contributed by atoms with Crippen LogP contribution in [-0.4, -0.2) is 28.6 Å². The van der Waals surface area contributed by atoms with Crippen LogP contribution in [-0.2, 0) is 4.79 Å². The molecule has 0 radical (unpaired) electrons. The van der Waals surface area contributed by atoms with E-state index in [2.05, 4.69) is 15.6 Å². The number of amides is 1. The van der Waals surface area contributed by atoms with Crippen LogP contribution in [0.3, 0.4) is 0 Å². The van der Waals surface area contributed by atoms with Crippen LogP contribution in [0.25, 0.3) is 6.08 Å². The molecule has 0 fully saturated rings. The average Bonchev–Trinajstić information content (AvgIpc) is 2.53. The van der Waals surface area contributed by atoms with Crippen LogP contribution in [0.4, 0.5) is 11.5 Å². The Bertz CT molecular complexity index is 662. The molecular formula is C18H21N3O2. The van der Waals surface area contributed by atoms with Gasteiger partial charge in [0.25, 0.3) is 0 Å². The number of aliphatic hydroxyl groups excluding tert-OH is 1. The van der Waals surface area contributed by atoms with Gasteiger partial charge in [0.15, 0.2) is 0 Å². The first-order valence-corrected chi connectivity index (χ1v) is 7.46. The molecule has 0 aliphatic rings. The summed E-state index contributed by atoms with van der Waals surface area (Å²) in [5, 5.41) is 14.9. The summed E-state index contributed by atoms with van der Waals surface area (Å²) in [5.41, 5.74) is 2.77. The highest BCUT2D eigenvalue weighted by atomic mass is 16.3. The molecule has 3 N–H and O–H groups in total. The van der Waals surface area contributed by atoms with E-state index in [1.807, 2.05) is 31.2 Å². The Labute approximate surface area is 136 Å². The standard InChI is InChI=1S/C18H21N3O2/c1-13-3-5-15(6-4-13)7-10-18(23)21-16-8-9-17(20-12-16)19-11-14(2)22/h3-10,12,14,22H,11H2,1-2H3,(H,19,20)(H,21,23)/b10-7+. The van der Waals surface area contributed by atoms with Gasteiger partial charge in [-0.3, -0.25) is 4.79 Å². The molecule has 2 rings (SSSR count). The molecule has 0 bridgehead atoms. The van der Waals surface area contributed by atoms with E-state index in [0.717, 1.165) is 5.56 Å². The number of aliphatic hydroxyl groups is 1. The molecule has 5 heteroatoms. The molecule has 0 saturated heterocycles. The van der Waals surface area contributed by atoms with Crippen LogP contribution in [0.1, 0.15) is 18.1 Å². The van der Waals surface area contributed by atoms with Crippen molar-refractivity contribution in [1.29, 1.82) is 0 Å². The smallest absolute Gasteiger partial charge is 0.248 e. The molecule has 1 aromatic carbocycles. The second-order valence-corrected chi connectivity index (χ2v) is 5.40. The summed E-state index contributed by atoms with van der Waals surface area (Å²) in [6.07, 6.45) is 4.38. The van der Waals surface area contributed by atoms with E-state index in [1.54, 1.807) is 31.3 Å². The topological polar surface area (TPSA) is 74.2 Å². The van der Waals surface area contributed by atoms with E-state index in [4.69, 9.17) is 0 Å². The Morgan fingerprint density at radius 2 is 2.00 bits per heavy atom. The van der Waals surface area contributed by atoms with Crippen molar-refractivity contribution < 1.29 is 9.90 Å². The minimum Gasteiger partial charge on any atom is -0.392 e. The summed E-state index contributed by atoms with van der Waals surface area (Å²) in [5.74, 6) is 0.441. The van der Waals surface area contributed by atoms with Gasteiger partial charge in [0.05, 0.1) is 18.0 Å². The van der Waals surface area contributed by atoms with Crippen molar-refractivity contribution in [3.05, 3.63) is 59.8 Å². The molecule has 0 aliphatic heterocycles. The van der Waals surface area contributed by atoms with E-state index in [1.165, 1.54) is 11.6 Å². The minimum atomic E-state index is -0.442. The second kappa shape index (κ2) is 8.10. The molecule has 1 unspecified atom stereocenters. The summed E-state index contributed by atoms with van der Waals surface area (Å²) < 4.78 is 0. The highest BCUT2D eigenvalue weighted by molar-refractivity contribution is 6.01. The van der Waals surface area contributed by atoms with Crippen molar-refractivity contribution in [2.75, 3.05) is 17.2 Å². The molecular weight excluding hydrogens is 290 g/mol. The summed E-state index contributed by atoms with van der Waals surface area (Å²) in [7, 11) is 0. The van der Waals surface area contributed by atoms with Gasteiger partial charge in [-0.25, -0.2) is 4.98 Å². The number of pyridine rings is 1. The van der Waals surface area contributed by atoms with Gasteiger partial charge in [-0.2, -0.15) is 0 Å². The minimum absolute atomic E-state index is 0.211. The second-order valence-electron chi connectivity index (χ2n) is 5.40. The summed E-state index contributed by atoms with van der Waals surface area (Å²) in [4.78, 5) is 16.0. The number of anilines is 2. The van der Waals surface area contributed by atoms with Crippen LogP contribution in [0, 0.1) is 6.92 Å². The predicted molar refractivity (Wildman–Crippen MR) is 93.3 cm³/mol. The highest BCUT2D eigenvalue weighted by Crippen LogP contribution is 2.10. The zero-order chi connectivity index (χ0) is 16.7. The van der Waals surface area contributed by atoms with E-state index in [9.17, 15) is 9.90 Å². The molecule has 1 aromatic heterocycles. The quantitative estimate of drug-likeness (QED) is 0.717. The SMILES string of the molecule is Cc1ccc(/C=C/C(=O)Nc2ccc(NCC(C)O)nc2)cc1. The summed E-state index contributed by atoms with van der Waals surface area (Å²) in [6, 6.07) is 11.4. The third-order valence-corrected chi connectivity index (χ3v) is 3.11. The number of nitrogens with zero attached hydrogens (tertiary/aromatic N) is 1. The number of benzene rings is 1. The molecule has 1 amide bonds. The van der Waals surface area contributed by atoms with Crippen molar-refractivity contribution in [2.24, 2.45) is 0 Å². The monoisotopic (exact) mass is 311 g/mol. The first-order valence-electron chi connectivity index (χ1n) is 7.46. The van der Waals surface area contributed by atoms with Crippen molar-refractivity contribution >= 4 is 23.5 Å². The number of carbonyl (C=O) groups excluding carboxylic acids is 1. The zero-order valence-electron chi connectivity index (χ0n) is 13.3. The fourth-order valence-corrected chi connectivity index (χ4v) is 1.86. The third-order valence-electron chi connectivity index (χ3n) is 3.11. The van der Waals surface area contributed by atoms with E-state index < -0.39 is 6.10 Å². The van der Waals surface area contributed by atoms with Crippen LogP contribution >= 0.6 is 0 Å². The van der Waals surface area contributed by atoms with E-state index >= 15 is 0 Å². The molecule has 2 aromatic rings. The Hall–Kier alpha value is -2.66. The Balaban J connectivity index is 1.88. The first-order chi connectivity index (χ1) is 11.0. The van der Waals surface area contributed by atoms with Crippen LogP contribution < -0.4 is 10.6 Å². The predicted octanol–water partition coefficient (Wildman–Crippen LogP) is 2.83. The Morgan fingerprint density at radius 3 is 2.61 bits per heavy atom. The third kappa shape index (κ3) is 5.92. The van der Waals surface area contributed by atoms with Gasteiger partial charge in [-0.15, -0.1) is 0 Å². The van der Waals surface area contributed by atoms with Gasteiger partial charge in [-0.1, -0.05) is 29.8 Å². The van der Waals surface area contributed by atoms with Crippen LogP contribution in [0.2, 0.25) is 0 Å². The van der Waals surface area contributed by atoms with Gasteiger partial charge < -0.3 is 15.7 Å². The maximum Gasteiger partial charge on any atom is 0.248 e. The highest BCUT2D eigenvalue weighted by Gasteiger charge is 2.00. The normalized spacial score (nSPS) is 12.1. The van der Waals surface area contributed by atoms with Crippen molar-refractivity contribution in [3.63, 3.8) is 0 Å². The number of carbonyl (C=O) groups is 1. The fraction of sp³-hybridized carbons (Fsp3) is 0.222. The molecule has 5 nitrogen and oxygen atoms in total. The van der Waals surface area contributed by atoms with Crippen LogP contribution in [0.5, 0.6) is 0 Å². The lowest BCUT2D eigenvalue weighted by molar-refractivity contribution is -0.111. The van der Waals surface area contributed by atoms with Gasteiger partial charge in [0.1, 0.15) is 5.82 Å². The molecule has 1 atom stereocenters. The Morgan fingerprint density at radius 1 is 1.26 bits per heavy atom. The molecule has 23 heavy (non-hydrogen) atoms. The molecule has 0 spiro atoms. The zero-order valence-corrected chi connectivity index (χ0v) is 13.3. The summed E-state index contributed by atoms with van der Waals surface area (Å²) in [6.45, 7) is 4.15. The summed E-state index contributed by atoms with van der Waals surface area (Å²) >= 11 is 0. The van der Waals surface area contributed by atoms with E-state index in [0.29, 0.717) is 18.1 Å². The van der Waals surface area contributed by atoms with Crippen molar-refractivity contribution in [1.82, 2.24) is 4.98 Å². The Kier molecular flexibility index (Phi) is 5.88. The molecule has 120 valence electrons. The number of aryl methyl sites for hydroxylation is 1. The van der Waals surface area contributed by atoms with Crippen molar-refractivity contribution in [3.8, 4) is 0 Å². The number of hydrogen-bond donors (Lipinski definition) is 3. The number of hydrogen-bond acceptors (Lipinski definition) is 4. The maximum absolute atomic E-state index is 11.9. The van der Waals surface area contributed by atoms with Gasteiger partial charge >= 0.3 is 0 Å². The van der Waals surface area contributed by atoms with E-state index in [-0.39, 0.29) is 5.91 Å². The molecule has 0 saturated carbocycles.